The predicted molar refractivity (Wildman–Crippen MR) is 71.3 cm³/mol. The standard InChI is InChI=1S/C13H22BrNO2/c14-12-6-2-1-4-10(12)9-15-13(16)8-11-5-3-7-17-11/h10-12H,1-9H2,(H,15,16). The van der Waals surface area contributed by atoms with Crippen molar-refractivity contribution >= 4 is 21.8 Å². The quantitative estimate of drug-likeness (QED) is 0.811. The molecule has 3 nitrogen and oxygen atoms in total. The van der Waals surface area contributed by atoms with Crippen LogP contribution in [0.5, 0.6) is 0 Å². The summed E-state index contributed by atoms with van der Waals surface area (Å²) in [6.45, 7) is 1.64. The highest BCUT2D eigenvalue weighted by Gasteiger charge is 2.24. The molecule has 1 saturated heterocycles. The molecule has 0 radical (unpaired) electrons. The molecule has 3 unspecified atom stereocenters. The summed E-state index contributed by atoms with van der Waals surface area (Å²) in [6, 6.07) is 0. The number of hydrogen-bond acceptors (Lipinski definition) is 2. The molecule has 1 aliphatic heterocycles. The lowest BCUT2D eigenvalue weighted by atomic mass is 9.89. The van der Waals surface area contributed by atoms with Crippen molar-refractivity contribution in [2.24, 2.45) is 5.92 Å². The van der Waals surface area contributed by atoms with E-state index in [2.05, 4.69) is 21.2 Å². The molecule has 1 heterocycles. The van der Waals surface area contributed by atoms with Crippen LogP contribution in [0.15, 0.2) is 0 Å². The van der Waals surface area contributed by atoms with E-state index in [0.717, 1.165) is 26.0 Å². The van der Waals surface area contributed by atoms with Gasteiger partial charge < -0.3 is 10.1 Å². The first kappa shape index (κ1) is 13.3. The number of carbonyl (C=O) groups excluding carboxylic acids is 1. The van der Waals surface area contributed by atoms with Gasteiger partial charge in [0.2, 0.25) is 5.91 Å². The van der Waals surface area contributed by atoms with E-state index in [1.807, 2.05) is 0 Å². The zero-order valence-electron chi connectivity index (χ0n) is 10.3. The maximum absolute atomic E-state index is 11.7. The summed E-state index contributed by atoms with van der Waals surface area (Å²) >= 11 is 3.72. The van der Waals surface area contributed by atoms with Crippen LogP contribution in [0.25, 0.3) is 0 Å². The Bertz CT molecular complexity index is 254. The molecule has 2 fully saturated rings. The lowest BCUT2D eigenvalue weighted by Crippen LogP contribution is -2.35. The maximum Gasteiger partial charge on any atom is 0.222 e. The molecule has 0 aromatic heterocycles. The number of alkyl halides is 1. The molecule has 1 aliphatic carbocycles. The third-order valence-corrected chi connectivity index (χ3v) is 5.02. The van der Waals surface area contributed by atoms with Crippen LogP contribution in [-0.2, 0) is 9.53 Å². The number of nitrogens with one attached hydrogen (secondary N) is 1. The highest BCUT2D eigenvalue weighted by molar-refractivity contribution is 9.09. The van der Waals surface area contributed by atoms with E-state index >= 15 is 0 Å². The monoisotopic (exact) mass is 303 g/mol. The first-order valence-corrected chi connectivity index (χ1v) is 7.69. The second-order valence-corrected chi connectivity index (χ2v) is 6.38. The van der Waals surface area contributed by atoms with E-state index in [4.69, 9.17) is 4.74 Å². The van der Waals surface area contributed by atoms with Gasteiger partial charge in [-0.25, -0.2) is 0 Å². The summed E-state index contributed by atoms with van der Waals surface area (Å²) in [4.78, 5) is 12.3. The molecule has 1 saturated carbocycles. The number of carbonyl (C=O) groups is 1. The number of rotatable bonds is 4. The van der Waals surface area contributed by atoms with Crippen LogP contribution in [0, 0.1) is 5.92 Å². The minimum atomic E-state index is 0.155. The Morgan fingerprint density at radius 2 is 2.06 bits per heavy atom. The van der Waals surface area contributed by atoms with Gasteiger partial charge in [0.15, 0.2) is 0 Å². The molecule has 17 heavy (non-hydrogen) atoms. The fourth-order valence-corrected chi connectivity index (χ4v) is 3.50. The highest BCUT2D eigenvalue weighted by Crippen LogP contribution is 2.29. The predicted octanol–water partition coefficient (Wildman–Crippen LogP) is 2.63. The molecule has 2 rings (SSSR count). The lowest BCUT2D eigenvalue weighted by molar-refractivity contribution is -0.123. The van der Waals surface area contributed by atoms with Crippen LogP contribution >= 0.6 is 15.9 Å². The lowest BCUT2D eigenvalue weighted by Gasteiger charge is -2.27. The van der Waals surface area contributed by atoms with Gasteiger partial charge in [0.25, 0.3) is 0 Å². The van der Waals surface area contributed by atoms with E-state index in [0.29, 0.717) is 17.2 Å². The Hall–Kier alpha value is -0.0900. The number of ether oxygens (including phenoxy) is 1. The Morgan fingerprint density at radius 3 is 2.76 bits per heavy atom. The Morgan fingerprint density at radius 1 is 1.24 bits per heavy atom. The van der Waals surface area contributed by atoms with Gasteiger partial charge in [-0.05, 0) is 31.6 Å². The molecular formula is C13H22BrNO2. The summed E-state index contributed by atoms with van der Waals surface area (Å²) in [5.41, 5.74) is 0. The van der Waals surface area contributed by atoms with Crippen molar-refractivity contribution < 1.29 is 9.53 Å². The Kier molecular flexibility index (Phi) is 5.29. The minimum Gasteiger partial charge on any atom is -0.378 e. The average molecular weight is 304 g/mol. The van der Waals surface area contributed by atoms with Crippen LogP contribution in [0.2, 0.25) is 0 Å². The van der Waals surface area contributed by atoms with Crippen molar-refractivity contribution in [3.8, 4) is 0 Å². The molecule has 0 bridgehead atoms. The fraction of sp³-hybridized carbons (Fsp3) is 0.923. The summed E-state index contributed by atoms with van der Waals surface area (Å²) in [5, 5.41) is 3.06. The van der Waals surface area contributed by atoms with Crippen molar-refractivity contribution in [2.75, 3.05) is 13.2 Å². The van der Waals surface area contributed by atoms with Gasteiger partial charge in [-0.15, -0.1) is 0 Å². The second-order valence-electron chi connectivity index (χ2n) is 5.20. The van der Waals surface area contributed by atoms with Crippen LogP contribution in [0.1, 0.15) is 44.9 Å². The van der Waals surface area contributed by atoms with E-state index in [-0.39, 0.29) is 12.0 Å². The normalized spacial score (nSPS) is 33.6. The van der Waals surface area contributed by atoms with Crippen molar-refractivity contribution in [3.63, 3.8) is 0 Å². The van der Waals surface area contributed by atoms with Gasteiger partial charge in [-0.2, -0.15) is 0 Å². The van der Waals surface area contributed by atoms with Gasteiger partial charge >= 0.3 is 0 Å². The van der Waals surface area contributed by atoms with E-state index < -0.39 is 0 Å². The summed E-state index contributed by atoms with van der Waals surface area (Å²) in [6.07, 6.45) is 7.94. The Labute approximate surface area is 112 Å². The zero-order valence-corrected chi connectivity index (χ0v) is 11.9. The maximum atomic E-state index is 11.7. The number of halogens is 1. The third-order valence-electron chi connectivity index (χ3n) is 3.81. The molecule has 0 aromatic carbocycles. The number of hydrogen-bond donors (Lipinski definition) is 1. The van der Waals surface area contributed by atoms with Gasteiger partial charge in [-0.3, -0.25) is 4.79 Å². The first-order chi connectivity index (χ1) is 8.25. The molecule has 2 aliphatic rings. The molecular weight excluding hydrogens is 282 g/mol. The van der Waals surface area contributed by atoms with Crippen LogP contribution in [-0.4, -0.2) is 30.0 Å². The topological polar surface area (TPSA) is 38.3 Å². The first-order valence-electron chi connectivity index (χ1n) is 6.78. The second kappa shape index (κ2) is 6.74. The third kappa shape index (κ3) is 4.25. The Balaban J connectivity index is 1.64. The van der Waals surface area contributed by atoms with Gasteiger partial charge in [-0.1, -0.05) is 28.8 Å². The van der Waals surface area contributed by atoms with Gasteiger partial charge in [0, 0.05) is 18.0 Å². The molecule has 98 valence electrons. The molecule has 3 atom stereocenters. The summed E-state index contributed by atoms with van der Waals surface area (Å²) in [5.74, 6) is 0.763. The summed E-state index contributed by atoms with van der Waals surface area (Å²) < 4.78 is 5.47. The average Bonchev–Trinajstić information content (AvgIpc) is 2.81. The zero-order chi connectivity index (χ0) is 12.1. The van der Waals surface area contributed by atoms with Crippen LogP contribution in [0.4, 0.5) is 0 Å². The highest BCUT2D eigenvalue weighted by atomic mass is 79.9. The molecule has 1 amide bonds. The largest absolute Gasteiger partial charge is 0.378 e. The van der Waals surface area contributed by atoms with Gasteiger partial charge in [0.1, 0.15) is 0 Å². The van der Waals surface area contributed by atoms with E-state index in [1.54, 1.807) is 0 Å². The van der Waals surface area contributed by atoms with Gasteiger partial charge in [0.05, 0.1) is 12.5 Å². The molecule has 4 heteroatoms. The minimum absolute atomic E-state index is 0.155. The van der Waals surface area contributed by atoms with Crippen molar-refractivity contribution in [1.82, 2.24) is 5.32 Å². The number of amides is 1. The van der Waals surface area contributed by atoms with Crippen molar-refractivity contribution in [2.45, 2.75) is 55.9 Å². The SMILES string of the molecule is O=C(CC1CCCO1)NCC1CCCCC1Br. The van der Waals surface area contributed by atoms with E-state index in [9.17, 15) is 4.79 Å². The fourth-order valence-electron chi connectivity index (χ4n) is 2.72. The summed E-state index contributed by atoms with van der Waals surface area (Å²) in [7, 11) is 0. The van der Waals surface area contributed by atoms with E-state index in [1.165, 1.54) is 25.7 Å². The molecule has 0 aromatic rings. The molecule has 0 spiro atoms. The van der Waals surface area contributed by atoms with Crippen LogP contribution in [0.3, 0.4) is 0 Å². The van der Waals surface area contributed by atoms with Crippen molar-refractivity contribution in [1.29, 1.82) is 0 Å². The van der Waals surface area contributed by atoms with Crippen LogP contribution < -0.4 is 5.32 Å². The molecule has 1 N–H and O–H groups in total. The smallest absolute Gasteiger partial charge is 0.222 e. The van der Waals surface area contributed by atoms with Crippen molar-refractivity contribution in [3.05, 3.63) is 0 Å².